The average molecular weight is 745 g/mol. The van der Waals surface area contributed by atoms with Crippen molar-refractivity contribution in [2.24, 2.45) is 4.99 Å². The number of ether oxygens (including phenoxy) is 1. The molecule has 0 aliphatic carbocycles. The highest BCUT2D eigenvalue weighted by atomic mass is 32.2. The molecule has 2 saturated heterocycles. The normalized spacial score (nSPS) is 19.0. The summed E-state index contributed by atoms with van der Waals surface area (Å²) in [6.45, 7) is 8.76. The molecule has 12 nitrogen and oxygen atoms in total. The minimum absolute atomic E-state index is 0.00699. The second-order valence-corrected chi connectivity index (χ2v) is 14.9. The lowest BCUT2D eigenvalue weighted by Crippen LogP contribution is -2.63. The standard InChI is InChI=1S/C40H52N6O6S/c1-3-35(49)46(31-15-8-5-9-16-31)40(20-25-45(26-21-40)24-19-30-13-6-4-7-14-30)38(50)52-27-11-18-34(48)42-23-22-41-33(47)17-10-12-29(2)37-36-32(28-53-37)43-39(51)44-36/h4-9,13-16,32,37H,2-3,10-12,17-28H2,1H3,(H,41,47)(H,42,48)(H,43,51)/t32-,37-/m0/s1. The van der Waals surface area contributed by atoms with Gasteiger partial charge in [0.05, 0.1) is 23.6 Å². The number of amides is 5. The second-order valence-electron chi connectivity index (χ2n) is 13.7. The van der Waals surface area contributed by atoms with Gasteiger partial charge >= 0.3 is 12.0 Å². The zero-order valence-electron chi connectivity index (χ0n) is 30.6. The van der Waals surface area contributed by atoms with E-state index in [-0.39, 0.29) is 61.0 Å². The topological polar surface area (TPSA) is 150 Å². The quantitative estimate of drug-likeness (QED) is 0.109. The van der Waals surface area contributed by atoms with Crippen LogP contribution in [0.2, 0.25) is 0 Å². The fourth-order valence-electron chi connectivity index (χ4n) is 7.11. The Labute approximate surface area is 316 Å². The van der Waals surface area contributed by atoms with Crippen molar-refractivity contribution >= 4 is 52.9 Å². The highest BCUT2D eigenvalue weighted by Crippen LogP contribution is 2.36. The number of rotatable bonds is 19. The Morgan fingerprint density at radius 2 is 1.60 bits per heavy atom. The molecule has 2 aromatic carbocycles. The van der Waals surface area contributed by atoms with Crippen LogP contribution in [0.1, 0.15) is 63.9 Å². The summed E-state index contributed by atoms with van der Waals surface area (Å²) in [6.07, 6.45) is 4.16. The summed E-state index contributed by atoms with van der Waals surface area (Å²) in [4.78, 5) is 72.0. The van der Waals surface area contributed by atoms with E-state index in [1.54, 1.807) is 23.6 Å². The van der Waals surface area contributed by atoms with Gasteiger partial charge in [-0.2, -0.15) is 4.99 Å². The number of likely N-dealkylation sites (tertiary alicyclic amines) is 1. The molecule has 13 heteroatoms. The van der Waals surface area contributed by atoms with Crippen molar-refractivity contribution < 1.29 is 28.7 Å². The number of benzene rings is 2. The number of urea groups is 1. The van der Waals surface area contributed by atoms with E-state index in [0.29, 0.717) is 63.8 Å². The summed E-state index contributed by atoms with van der Waals surface area (Å²) in [5, 5.41) is 8.49. The molecule has 0 unspecified atom stereocenters. The zero-order valence-corrected chi connectivity index (χ0v) is 31.5. The fourth-order valence-corrected chi connectivity index (χ4v) is 8.49. The predicted molar refractivity (Wildman–Crippen MR) is 208 cm³/mol. The molecular weight excluding hydrogens is 693 g/mol. The van der Waals surface area contributed by atoms with E-state index in [1.165, 1.54) is 5.56 Å². The summed E-state index contributed by atoms with van der Waals surface area (Å²) in [7, 11) is 0. The van der Waals surface area contributed by atoms with E-state index < -0.39 is 11.5 Å². The Balaban J connectivity index is 1.02. The monoisotopic (exact) mass is 744 g/mol. The number of thioether (sulfide) groups is 1. The van der Waals surface area contributed by atoms with Crippen LogP contribution in [0.25, 0.3) is 0 Å². The molecule has 0 aromatic heterocycles. The molecule has 5 amide bonds. The number of carbonyl (C=O) groups excluding carboxylic acids is 5. The Morgan fingerprint density at radius 3 is 2.26 bits per heavy atom. The van der Waals surface area contributed by atoms with Crippen LogP contribution >= 0.6 is 11.8 Å². The third-order valence-electron chi connectivity index (χ3n) is 10.0. The first-order valence-electron chi connectivity index (χ1n) is 18.7. The first-order valence-corrected chi connectivity index (χ1v) is 19.8. The van der Waals surface area contributed by atoms with Crippen molar-refractivity contribution in [2.45, 2.75) is 81.5 Å². The van der Waals surface area contributed by atoms with Crippen LogP contribution in [0.3, 0.4) is 0 Å². The van der Waals surface area contributed by atoms with Crippen LogP contribution in [0.4, 0.5) is 10.5 Å². The molecule has 284 valence electrons. The van der Waals surface area contributed by atoms with Crippen LogP contribution in [-0.2, 0) is 30.3 Å². The molecule has 3 heterocycles. The molecule has 0 radical (unpaired) electrons. The van der Waals surface area contributed by atoms with Crippen LogP contribution < -0.4 is 20.9 Å². The maximum atomic E-state index is 14.0. The summed E-state index contributed by atoms with van der Waals surface area (Å²) in [6, 6.07) is 19.3. The number of fused-ring (bicyclic) bond motifs is 1. The van der Waals surface area contributed by atoms with E-state index >= 15 is 0 Å². The number of aliphatic imine (C=N–C) groups is 1. The highest BCUT2D eigenvalue weighted by Gasteiger charge is 2.50. The molecule has 2 aromatic rings. The van der Waals surface area contributed by atoms with Crippen molar-refractivity contribution in [1.82, 2.24) is 20.9 Å². The summed E-state index contributed by atoms with van der Waals surface area (Å²) < 4.78 is 5.85. The number of piperidine rings is 1. The van der Waals surface area contributed by atoms with Crippen molar-refractivity contribution in [3.05, 3.63) is 78.4 Å². The molecule has 2 fully saturated rings. The Hall–Kier alpha value is -4.49. The van der Waals surface area contributed by atoms with Gasteiger partial charge in [-0.3, -0.25) is 19.3 Å². The van der Waals surface area contributed by atoms with Crippen LogP contribution in [0.15, 0.2) is 77.8 Å². The number of para-hydroxylation sites is 1. The molecule has 53 heavy (non-hydrogen) atoms. The van der Waals surface area contributed by atoms with Gasteiger partial charge in [0.15, 0.2) is 0 Å². The summed E-state index contributed by atoms with van der Waals surface area (Å²) >= 11 is 1.71. The van der Waals surface area contributed by atoms with Crippen LogP contribution in [0.5, 0.6) is 0 Å². The van der Waals surface area contributed by atoms with E-state index in [0.717, 1.165) is 30.0 Å². The van der Waals surface area contributed by atoms with Crippen molar-refractivity contribution in [3.63, 3.8) is 0 Å². The molecule has 0 saturated carbocycles. The largest absolute Gasteiger partial charge is 0.464 e. The van der Waals surface area contributed by atoms with Gasteiger partial charge in [-0.1, -0.05) is 67.6 Å². The van der Waals surface area contributed by atoms with Gasteiger partial charge in [0.25, 0.3) is 0 Å². The number of anilines is 1. The molecular formula is C40H52N6O6S. The maximum absolute atomic E-state index is 14.0. The molecule has 3 N–H and O–H groups in total. The maximum Gasteiger partial charge on any atom is 0.341 e. The number of carbonyl (C=O) groups is 5. The molecule has 3 aliphatic rings. The lowest BCUT2D eigenvalue weighted by atomic mass is 9.84. The molecule has 3 aliphatic heterocycles. The Kier molecular flexibility index (Phi) is 14.6. The molecule has 0 bridgehead atoms. The first kappa shape index (κ1) is 39.7. The van der Waals surface area contributed by atoms with Crippen LogP contribution in [0, 0.1) is 0 Å². The predicted octanol–water partition coefficient (Wildman–Crippen LogP) is 4.44. The number of hydrogen-bond donors (Lipinski definition) is 3. The molecule has 5 rings (SSSR count). The number of esters is 1. The second kappa shape index (κ2) is 19.5. The zero-order chi connectivity index (χ0) is 37.6. The van der Waals surface area contributed by atoms with E-state index in [4.69, 9.17) is 4.74 Å². The minimum atomic E-state index is -1.15. The fraction of sp³-hybridized carbons (Fsp3) is 0.500. The lowest BCUT2D eigenvalue weighted by Gasteiger charge is -2.46. The van der Waals surface area contributed by atoms with Gasteiger partial charge in [0, 0.05) is 63.4 Å². The van der Waals surface area contributed by atoms with E-state index in [2.05, 4.69) is 44.6 Å². The van der Waals surface area contributed by atoms with Gasteiger partial charge in [-0.25, -0.2) is 9.59 Å². The Morgan fingerprint density at radius 1 is 0.962 bits per heavy atom. The van der Waals surface area contributed by atoms with Crippen LogP contribution in [-0.4, -0.2) is 102 Å². The van der Waals surface area contributed by atoms with Gasteiger partial charge in [-0.05, 0) is 56.2 Å². The van der Waals surface area contributed by atoms with E-state index in [1.807, 2.05) is 48.5 Å². The third-order valence-corrected chi connectivity index (χ3v) is 11.5. The number of nitrogens with one attached hydrogen (secondary N) is 3. The van der Waals surface area contributed by atoms with Gasteiger partial charge in [0.1, 0.15) is 5.54 Å². The molecule has 2 atom stereocenters. The molecule has 0 spiro atoms. The third kappa shape index (κ3) is 10.8. The van der Waals surface area contributed by atoms with Crippen molar-refractivity contribution in [2.75, 3.05) is 50.0 Å². The minimum Gasteiger partial charge on any atom is -0.464 e. The van der Waals surface area contributed by atoms with Crippen molar-refractivity contribution in [3.8, 4) is 0 Å². The van der Waals surface area contributed by atoms with Gasteiger partial charge in [-0.15, -0.1) is 11.8 Å². The SMILES string of the molecule is C=C(CCCC(=O)NCCNC(=O)CCCOC(=O)C1(N(C(=O)CC)c2ccccc2)CCN(CCc2ccccc2)CC1)[C@@H]1SC[C@@H]2NC(=O)N=C12. The van der Waals surface area contributed by atoms with E-state index in [9.17, 15) is 24.0 Å². The highest BCUT2D eigenvalue weighted by molar-refractivity contribution is 8.01. The van der Waals surface area contributed by atoms with Gasteiger partial charge < -0.3 is 25.6 Å². The Bertz CT molecular complexity index is 1630. The number of nitrogens with zero attached hydrogens (tertiary/aromatic N) is 3. The lowest BCUT2D eigenvalue weighted by molar-refractivity contribution is -0.154. The smallest absolute Gasteiger partial charge is 0.341 e. The van der Waals surface area contributed by atoms with Gasteiger partial charge in [0.2, 0.25) is 17.7 Å². The first-order chi connectivity index (χ1) is 25.7. The average Bonchev–Trinajstić information content (AvgIpc) is 3.74. The number of hydrogen-bond acceptors (Lipinski definition) is 8. The summed E-state index contributed by atoms with van der Waals surface area (Å²) in [5.41, 5.74) is 2.59. The van der Waals surface area contributed by atoms with Crippen molar-refractivity contribution in [1.29, 1.82) is 0 Å². The summed E-state index contributed by atoms with van der Waals surface area (Å²) in [5.74, 6) is -0.0951.